The highest BCUT2D eigenvalue weighted by Crippen LogP contribution is 2.35. The molecule has 0 aliphatic carbocycles. The smallest absolute Gasteiger partial charge is 0.109 e. The molecule has 0 saturated heterocycles. The molecule has 0 aromatic rings. The largest absolute Gasteiger partial charge is 0.379 e. The van der Waals surface area contributed by atoms with Crippen LogP contribution >= 0.6 is 0 Å². The topological polar surface area (TPSA) is 9.23 Å². The lowest BCUT2D eigenvalue weighted by Crippen LogP contribution is -2.33. The third kappa shape index (κ3) is 6.24. The molecule has 1 radical (unpaired) electrons. The molecule has 2 heteroatoms. The SMILES string of the molecule is CC[B]CCC(C)(C)CC(C)(CC)OC. The Morgan fingerprint density at radius 3 is 2.13 bits per heavy atom. The van der Waals surface area contributed by atoms with Gasteiger partial charge in [-0.3, -0.25) is 0 Å². The van der Waals surface area contributed by atoms with Gasteiger partial charge in [0, 0.05) is 7.11 Å². The Labute approximate surface area is 97.2 Å². The molecule has 0 N–H and O–H groups in total. The van der Waals surface area contributed by atoms with Crippen molar-refractivity contribution in [2.24, 2.45) is 5.41 Å². The van der Waals surface area contributed by atoms with E-state index in [2.05, 4.69) is 41.9 Å². The maximum Gasteiger partial charge on any atom is 0.109 e. The highest BCUT2D eigenvalue weighted by molar-refractivity contribution is 6.35. The van der Waals surface area contributed by atoms with Crippen LogP contribution in [-0.4, -0.2) is 20.0 Å². The van der Waals surface area contributed by atoms with Crippen molar-refractivity contribution in [1.82, 2.24) is 0 Å². The summed E-state index contributed by atoms with van der Waals surface area (Å²) in [6, 6.07) is 0. The molecule has 0 bridgehead atoms. The summed E-state index contributed by atoms with van der Waals surface area (Å²) in [4.78, 5) is 0. The quantitative estimate of drug-likeness (QED) is 0.432. The van der Waals surface area contributed by atoms with Gasteiger partial charge in [0.15, 0.2) is 0 Å². The van der Waals surface area contributed by atoms with Crippen molar-refractivity contribution in [2.45, 2.75) is 72.1 Å². The first-order chi connectivity index (χ1) is 6.89. The van der Waals surface area contributed by atoms with Crippen LogP contribution in [0.25, 0.3) is 0 Å². The third-order valence-electron chi connectivity index (χ3n) is 3.41. The molecule has 0 aliphatic heterocycles. The van der Waals surface area contributed by atoms with E-state index < -0.39 is 0 Å². The normalized spacial score (nSPS) is 16.1. The molecule has 89 valence electrons. The van der Waals surface area contributed by atoms with Crippen molar-refractivity contribution >= 4 is 7.28 Å². The van der Waals surface area contributed by atoms with E-state index in [0.29, 0.717) is 5.41 Å². The average molecular weight is 211 g/mol. The molecule has 0 heterocycles. The highest BCUT2D eigenvalue weighted by Gasteiger charge is 2.30. The first-order valence-corrected chi connectivity index (χ1v) is 6.26. The molecule has 1 nitrogen and oxygen atoms in total. The molecular formula is C13H28BO. The molecule has 15 heavy (non-hydrogen) atoms. The lowest BCUT2D eigenvalue weighted by atomic mass is 9.65. The van der Waals surface area contributed by atoms with Crippen LogP contribution in [0.2, 0.25) is 12.6 Å². The standard InChI is InChI=1S/C13H28BO/c1-7-13(5,15-6)11-12(3,4)9-10-14-8-2/h7-11H2,1-6H3. The summed E-state index contributed by atoms with van der Waals surface area (Å²) in [5.41, 5.74) is 0.433. The van der Waals surface area contributed by atoms with Gasteiger partial charge < -0.3 is 4.74 Å². The molecule has 0 spiro atoms. The Morgan fingerprint density at radius 2 is 1.73 bits per heavy atom. The zero-order chi connectivity index (χ0) is 11.9. The molecule has 0 fully saturated rings. The number of methoxy groups -OCH3 is 1. The summed E-state index contributed by atoms with van der Waals surface area (Å²) >= 11 is 0. The second-order valence-electron chi connectivity index (χ2n) is 5.58. The molecule has 0 amide bonds. The van der Waals surface area contributed by atoms with E-state index in [0.717, 1.165) is 12.8 Å². The van der Waals surface area contributed by atoms with Gasteiger partial charge in [-0.25, -0.2) is 0 Å². The summed E-state index contributed by atoms with van der Waals surface area (Å²) < 4.78 is 5.62. The second kappa shape index (κ2) is 6.57. The van der Waals surface area contributed by atoms with Crippen molar-refractivity contribution in [3.05, 3.63) is 0 Å². The van der Waals surface area contributed by atoms with Crippen LogP contribution in [0.15, 0.2) is 0 Å². The van der Waals surface area contributed by atoms with Crippen molar-refractivity contribution in [3.8, 4) is 0 Å². The van der Waals surface area contributed by atoms with Crippen molar-refractivity contribution in [1.29, 1.82) is 0 Å². The number of hydrogen-bond acceptors (Lipinski definition) is 1. The van der Waals surface area contributed by atoms with Gasteiger partial charge in [0.1, 0.15) is 7.28 Å². The van der Waals surface area contributed by atoms with E-state index >= 15 is 0 Å². The average Bonchev–Trinajstić information content (AvgIpc) is 2.17. The van der Waals surface area contributed by atoms with Crippen molar-refractivity contribution < 1.29 is 4.74 Å². The fourth-order valence-corrected chi connectivity index (χ4v) is 2.14. The van der Waals surface area contributed by atoms with Gasteiger partial charge in [-0.15, -0.1) is 0 Å². The van der Waals surface area contributed by atoms with Crippen molar-refractivity contribution in [3.63, 3.8) is 0 Å². The van der Waals surface area contributed by atoms with Crippen molar-refractivity contribution in [2.75, 3.05) is 7.11 Å². The predicted molar refractivity (Wildman–Crippen MR) is 69.8 cm³/mol. The Balaban J connectivity index is 4.10. The molecule has 1 atom stereocenters. The van der Waals surface area contributed by atoms with Crippen LogP contribution in [0, 0.1) is 5.41 Å². The van der Waals surface area contributed by atoms with Gasteiger partial charge in [0.2, 0.25) is 0 Å². The summed E-state index contributed by atoms with van der Waals surface area (Å²) in [6.45, 7) is 11.3. The molecule has 0 aliphatic rings. The number of rotatable bonds is 8. The summed E-state index contributed by atoms with van der Waals surface area (Å²) in [5.74, 6) is 0. The van der Waals surface area contributed by atoms with E-state index in [1.165, 1.54) is 19.1 Å². The van der Waals surface area contributed by atoms with E-state index in [-0.39, 0.29) is 5.60 Å². The van der Waals surface area contributed by atoms with Crippen LogP contribution in [0.5, 0.6) is 0 Å². The molecule has 0 rings (SSSR count). The van der Waals surface area contributed by atoms with Gasteiger partial charge in [-0.2, -0.15) is 0 Å². The van der Waals surface area contributed by atoms with Crippen LogP contribution in [0.1, 0.15) is 53.9 Å². The Kier molecular flexibility index (Phi) is 6.58. The second-order valence-corrected chi connectivity index (χ2v) is 5.58. The van der Waals surface area contributed by atoms with Crippen LogP contribution in [-0.2, 0) is 4.74 Å². The number of ether oxygens (including phenoxy) is 1. The van der Waals surface area contributed by atoms with E-state index in [9.17, 15) is 0 Å². The predicted octanol–water partition coefficient (Wildman–Crippen LogP) is 4.17. The number of hydrogen-bond donors (Lipinski definition) is 0. The zero-order valence-electron chi connectivity index (χ0n) is 11.5. The van der Waals surface area contributed by atoms with E-state index in [1.807, 2.05) is 7.11 Å². The summed E-state index contributed by atoms with van der Waals surface area (Å²) in [5, 5.41) is 0. The van der Waals surface area contributed by atoms with Crippen LogP contribution in [0.4, 0.5) is 0 Å². The molecule has 0 aromatic heterocycles. The monoisotopic (exact) mass is 211 g/mol. The fraction of sp³-hybridized carbons (Fsp3) is 1.00. The first-order valence-electron chi connectivity index (χ1n) is 6.26. The molecule has 1 unspecified atom stereocenters. The van der Waals surface area contributed by atoms with Gasteiger partial charge >= 0.3 is 0 Å². The third-order valence-corrected chi connectivity index (χ3v) is 3.41. The fourth-order valence-electron chi connectivity index (χ4n) is 2.14. The Bertz CT molecular complexity index is 162. The minimum Gasteiger partial charge on any atom is -0.379 e. The maximum atomic E-state index is 5.62. The lowest BCUT2D eigenvalue weighted by molar-refractivity contribution is -0.0315. The summed E-state index contributed by atoms with van der Waals surface area (Å²) in [7, 11) is 4.20. The molecule has 0 aromatic carbocycles. The minimum absolute atomic E-state index is 0.0513. The molecular weight excluding hydrogens is 183 g/mol. The Hall–Kier alpha value is 0.0249. The van der Waals surface area contributed by atoms with Crippen LogP contribution in [0.3, 0.4) is 0 Å². The van der Waals surface area contributed by atoms with Gasteiger partial charge in [0.25, 0.3) is 0 Å². The minimum atomic E-state index is 0.0513. The zero-order valence-corrected chi connectivity index (χ0v) is 11.5. The lowest BCUT2D eigenvalue weighted by Gasteiger charge is -2.36. The van der Waals surface area contributed by atoms with Gasteiger partial charge in [-0.1, -0.05) is 46.8 Å². The van der Waals surface area contributed by atoms with E-state index in [1.54, 1.807) is 0 Å². The van der Waals surface area contributed by atoms with E-state index in [4.69, 9.17) is 4.74 Å². The van der Waals surface area contributed by atoms with Gasteiger partial charge in [-0.05, 0) is 25.2 Å². The Morgan fingerprint density at radius 1 is 1.13 bits per heavy atom. The van der Waals surface area contributed by atoms with Crippen LogP contribution < -0.4 is 0 Å². The highest BCUT2D eigenvalue weighted by atomic mass is 16.5. The molecule has 0 saturated carbocycles. The van der Waals surface area contributed by atoms with Gasteiger partial charge in [0.05, 0.1) is 5.60 Å². The summed E-state index contributed by atoms with van der Waals surface area (Å²) in [6.07, 6.45) is 5.91. The first kappa shape index (κ1) is 15.0. The maximum absolute atomic E-state index is 5.62.